The zero-order valence-electron chi connectivity index (χ0n) is 9.98. The predicted octanol–water partition coefficient (Wildman–Crippen LogP) is 3.33. The Balaban J connectivity index is 2.01. The van der Waals surface area contributed by atoms with Crippen molar-refractivity contribution in [2.75, 3.05) is 5.32 Å². The second-order valence-electron chi connectivity index (χ2n) is 4.05. The molecule has 0 spiro atoms. The Bertz CT molecular complexity index is 555. The van der Waals surface area contributed by atoms with Gasteiger partial charge in [-0.25, -0.2) is 0 Å². The van der Waals surface area contributed by atoms with E-state index in [-0.39, 0.29) is 5.91 Å². The summed E-state index contributed by atoms with van der Waals surface area (Å²) in [5.74, 6) is -0.0373. The summed E-state index contributed by atoms with van der Waals surface area (Å²) in [5.41, 5.74) is 2.81. The molecular formula is C14H13BrN2O. The zero-order valence-corrected chi connectivity index (χ0v) is 11.6. The molecule has 0 aliphatic carbocycles. The Labute approximate surface area is 114 Å². The van der Waals surface area contributed by atoms with Gasteiger partial charge in [0.15, 0.2) is 0 Å². The number of hydrogen-bond acceptors (Lipinski definition) is 2. The molecule has 0 atom stereocenters. The Morgan fingerprint density at radius 1 is 1.39 bits per heavy atom. The number of hydrogen-bond donors (Lipinski definition) is 1. The molecule has 0 saturated heterocycles. The van der Waals surface area contributed by atoms with Gasteiger partial charge in [0.2, 0.25) is 5.91 Å². The first-order valence-electron chi connectivity index (χ1n) is 5.60. The number of nitrogens with zero attached hydrogens (tertiary/aromatic N) is 1. The number of pyridine rings is 1. The molecule has 0 bridgehead atoms. The van der Waals surface area contributed by atoms with Crippen LogP contribution in [0, 0.1) is 6.92 Å². The number of halogens is 1. The lowest BCUT2D eigenvalue weighted by molar-refractivity contribution is -0.115. The van der Waals surface area contributed by atoms with Crippen LogP contribution in [-0.4, -0.2) is 10.9 Å². The summed E-state index contributed by atoms with van der Waals surface area (Å²) in [5, 5.41) is 2.87. The average molecular weight is 305 g/mol. The zero-order chi connectivity index (χ0) is 13.0. The second kappa shape index (κ2) is 5.78. The number of carbonyl (C=O) groups is 1. The van der Waals surface area contributed by atoms with Crippen LogP contribution in [0.25, 0.3) is 0 Å². The van der Waals surface area contributed by atoms with Crippen molar-refractivity contribution in [1.29, 1.82) is 0 Å². The van der Waals surface area contributed by atoms with E-state index in [1.165, 1.54) is 0 Å². The number of aromatic nitrogens is 1. The van der Waals surface area contributed by atoms with Crippen LogP contribution in [0.2, 0.25) is 0 Å². The molecule has 1 aromatic heterocycles. The highest BCUT2D eigenvalue weighted by atomic mass is 79.9. The van der Waals surface area contributed by atoms with Crippen LogP contribution < -0.4 is 5.32 Å². The highest BCUT2D eigenvalue weighted by Crippen LogP contribution is 2.20. The monoisotopic (exact) mass is 304 g/mol. The Morgan fingerprint density at radius 2 is 2.22 bits per heavy atom. The van der Waals surface area contributed by atoms with Gasteiger partial charge in [-0.3, -0.25) is 9.78 Å². The van der Waals surface area contributed by atoms with E-state index >= 15 is 0 Å². The predicted molar refractivity (Wildman–Crippen MR) is 75.4 cm³/mol. The lowest BCUT2D eigenvalue weighted by Gasteiger charge is -2.07. The van der Waals surface area contributed by atoms with Gasteiger partial charge in [-0.05, 0) is 42.3 Å². The van der Waals surface area contributed by atoms with Gasteiger partial charge in [-0.2, -0.15) is 0 Å². The van der Waals surface area contributed by atoms with Gasteiger partial charge in [0.25, 0.3) is 0 Å². The maximum atomic E-state index is 11.8. The minimum Gasteiger partial charge on any atom is -0.326 e. The van der Waals surface area contributed by atoms with E-state index in [0.717, 1.165) is 21.3 Å². The SMILES string of the molecule is Cc1cc(NC(=O)Cc2cccnc2)ccc1Br. The van der Waals surface area contributed by atoms with Crippen LogP contribution in [0.1, 0.15) is 11.1 Å². The fourth-order valence-electron chi connectivity index (χ4n) is 1.62. The molecule has 3 nitrogen and oxygen atoms in total. The van der Waals surface area contributed by atoms with Crippen LogP contribution in [0.15, 0.2) is 47.2 Å². The summed E-state index contributed by atoms with van der Waals surface area (Å²) in [6.45, 7) is 1.99. The van der Waals surface area contributed by atoms with Crippen molar-refractivity contribution in [3.05, 3.63) is 58.3 Å². The third kappa shape index (κ3) is 3.40. The molecule has 0 aliphatic rings. The normalized spacial score (nSPS) is 10.1. The van der Waals surface area contributed by atoms with Crippen molar-refractivity contribution >= 4 is 27.5 Å². The quantitative estimate of drug-likeness (QED) is 0.945. The molecule has 1 heterocycles. The third-order valence-electron chi connectivity index (χ3n) is 2.53. The number of amides is 1. The van der Waals surface area contributed by atoms with E-state index in [4.69, 9.17) is 0 Å². The van der Waals surface area contributed by atoms with Gasteiger partial charge in [0, 0.05) is 22.6 Å². The molecule has 92 valence electrons. The third-order valence-corrected chi connectivity index (χ3v) is 3.42. The lowest BCUT2D eigenvalue weighted by Crippen LogP contribution is -2.14. The molecule has 0 unspecified atom stereocenters. The lowest BCUT2D eigenvalue weighted by atomic mass is 10.2. The Hall–Kier alpha value is -1.68. The summed E-state index contributed by atoms with van der Waals surface area (Å²) in [6.07, 6.45) is 3.73. The molecule has 1 amide bonds. The molecule has 1 aromatic carbocycles. The largest absolute Gasteiger partial charge is 0.326 e. The summed E-state index contributed by atoms with van der Waals surface area (Å²) in [6, 6.07) is 9.45. The highest BCUT2D eigenvalue weighted by Gasteiger charge is 2.05. The smallest absolute Gasteiger partial charge is 0.228 e. The molecular weight excluding hydrogens is 292 g/mol. The first-order valence-corrected chi connectivity index (χ1v) is 6.39. The van der Waals surface area contributed by atoms with Gasteiger partial charge < -0.3 is 5.32 Å². The van der Waals surface area contributed by atoms with Crippen LogP contribution in [0.3, 0.4) is 0 Å². The summed E-state index contributed by atoms with van der Waals surface area (Å²) >= 11 is 3.43. The van der Waals surface area contributed by atoms with Crippen LogP contribution in [-0.2, 0) is 11.2 Å². The number of carbonyl (C=O) groups excluding carboxylic acids is 1. The van der Waals surface area contributed by atoms with Gasteiger partial charge in [0.1, 0.15) is 0 Å². The standard InChI is InChI=1S/C14H13BrN2O/c1-10-7-12(4-5-13(10)15)17-14(18)8-11-3-2-6-16-9-11/h2-7,9H,8H2,1H3,(H,17,18). The number of anilines is 1. The van der Waals surface area contributed by atoms with Crippen molar-refractivity contribution in [3.8, 4) is 0 Å². The van der Waals surface area contributed by atoms with Crippen molar-refractivity contribution in [3.63, 3.8) is 0 Å². The fourth-order valence-corrected chi connectivity index (χ4v) is 1.86. The molecule has 1 N–H and O–H groups in total. The van der Waals surface area contributed by atoms with Gasteiger partial charge in [-0.15, -0.1) is 0 Å². The summed E-state index contributed by atoms with van der Waals surface area (Å²) in [4.78, 5) is 15.8. The second-order valence-corrected chi connectivity index (χ2v) is 4.90. The van der Waals surface area contributed by atoms with Crippen molar-refractivity contribution in [2.24, 2.45) is 0 Å². The molecule has 2 rings (SSSR count). The first kappa shape index (κ1) is 12.8. The van der Waals surface area contributed by atoms with Crippen molar-refractivity contribution in [1.82, 2.24) is 4.98 Å². The van der Waals surface area contributed by atoms with Crippen LogP contribution >= 0.6 is 15.9 Å². The Kier molecular flexibility index (Phi) is 4.10. The number of rotatable bonds is 3. The van der Waals surface area contributed by atoms with Crippen LogP contribution in [0.4, 0.5) is 5.69 Å². The maximum absolute atomic E-state index is 11.8. The van der Waals surface area contributed by atoms with E-state index in [0.29, 0.717) is 6.42 Å². The molecule has 0 fully saturated rings. The van der Waals surface area contributed by atoms with E-state index in [1.54, 1.807) is 12.4 Å². The minimum absolute atomic E-state index is 0.0373. The molecule has 0 saturated carbocycles. The van der Waals surface area contributed by atoms with Crippen molar-refractivity contribution in [2.45, 2.75) is 13.3 Å². The van der Waals surface area contributed by atoms with Gasteiger partial charge >= 0.3 is 0 Å². The number of nitrogens with one attached hydrogen (secondary N) is 1. The molecule has 18 heavy (non-hydrogen) atoms. The highest BCUT2D eigenvalue weighted by molar-refractivity contribution is 9.10. The topological polar surface area (TPSA) is 42.0 Å². The van der Waals surface area contributed by atoms with Crippen LogP contribution in [0.5, 0.6) is 0 Å². The molecule has 0 aliphatic heterocycles. The molecule has 0 radical (unpaired) electrons. The fraction of sp³-hybridized carbons (Fsp3) is 0.143. The summed E-state index contributed by atoms with van der Waals surface area (Å²) < 4.78 is 1.03. The number of benzene rings is 1. The average Bonchev–Trinajstić information content (AvgIpc) is 2.35. The number of aryl methyl sites for hydroxylation is 1. The van der Waals surface area contributed by atoms with Gasteiger partial charge in [-0.1, -0.05) is 22.0 Å². The van der Waals surface area contributed by atoms with Crippen molar-refractivity contribution < 1.29 is 4.79 Å². The minimum atomic E-state index is -0.0373. The first-order chi connectivity index (χ1) is 8.65. The molecule has 4 heteroatoms. The Morgan fingerprint density at radius 3 is 2.89 bits per heavy atom. The van der Waals surface area contributed by atoms with E-state index in [9.17, 15) is 4.79 Å². The molecule has 2 aromatic rings. The summed E-state index contributed by atoms with van der Waals surface area (Å²) in [7, 11) is 0. The van der Waals surface area contributed by atoms with E-state index < -0.39 is 0 Å². The van der Waals surface area contributed by atoms with Gasteiger partial charge in [0.05, 0.1) is 6.42 Å². The van der Waals surface area contributed by atoms with E-state index in [1.807, 2.05) is 37.3 Å². The van der Waals surface area contributed by atoms with E-state index in [2.05, 4.69) is 26.2 Å². The maximum Gasteiger partial charge on any atom is 0.228 e.